The Kier molecular flexibility index (Phi) is 3.09. The van der Waals surface area contributed by atoms with Crippen molar-refractivity contribution in [2.45, 2.75) is 13.0 Å². The van der Waals surface area contributed by atoms with E-state index in [1.165, 1.54) is 6.07 Å². The number of hydrogen-bond donors (Lipinski definition) is 1. The highest BCUT2D eigenvalue weighted by Crippen LogP contribution is 2.27. The quantitative estimate of drug-likeness (QED) is 0.648. The van der Waals surface area contributed by atoms with Crippen LogP contribution in [0.4, 0.5) is 11.4 Å². The van der Waals surface area contributed by atoms with E-state index < -0.39 is 4.92 Å². The molecule has 0 unspecified atom stereocenters. The Morgan fingerprint density at radius 2 is 2.06 bits per heavy atom. The van der Waals surface area contributed by atoms with E-state index in [0.717, 1.165) is 5.76 Å². The summed E-state index contributed by atoms with van der Waals surface area (Å²) >= 11 is 0. The highest BCUT2D eigenvalue weighted by molar-refractivity contribution is 5.61. The van der Waals surface area contributed by atoms with Gasteiger partial charge in [0.2, 0.25) is 0 Å². The first-order valence-electron chi connectivity index (χ1n) is 5.22. The van der Waals surface area contributed by atoms with Crippen molar-refractivity contribution in [3.8, 4) is 0 Å². The van der Waals surface area contributed by atoms with Crippen LogP contribution < -0.4 is 5.32 Å². The second-order valence-corrected chi connectivity index (χ2v) is 3.66. The van der Waals surface area contributed by atoms with Gasteiger partial charge in [-0.2, -0.15) is 0 Å². The smallest absolute Gasteiger partial charge is 0.292 e. The summed E-state index contributed by atoms with van der Waals surface area (Å²) in [6.45, 7) is 1.88. The van der Waals surface area contributed by atoms with Crippen LogP contribution in [-0.2, 0) is 0 Å². The third-order valence-corrected chi connectivity index (χ3v) is 2.44. The normalized spacial score (nSPS) is 12.1. The standard InChI is InChI=1S/C12H12N2O3/c1-9(12-7-4-8-17-12)13-10-5-2-3-6-11(10)14(15)16/h2-9,13H,1H3/t9-/m1/s1. The molecule has 1 aromatic heterocycles. The van der Waals surface area contributed by atoms with Gasteiger partial charge in [0.1, 0.15) is 11.4 Å². The summed E-state index contributed by atoms with van der Waals surface area (Å²) in [7, 11) is 0. The van der Waals surface area contributed by atoms with Crippen LogP contribution in [0.5, 0.6) is 0 Å². The first-order valence-corrected chi connectivity index (χ1v) is 5.22. The fraction of sp³-hybridized carbons (Fsp3) is 0.167. The number of nitrogens with one attached hydrogen (secondary N) is 1. The highest BCUT2D eigenvalue weighted by Gasteiger charge is 2.15. The zero-order valence-corrected chi connectivity index (χ0v) is 9.29. The molecule has 1 atom stereocenters. The second kappa shape index (κ2) is 4.69. The Hall–Kier alpha value is -2.30. The molecule has 0 saturated heterocycles. The molecule has 0 radical (unpaired) electrons. The van der Waals surface area contributed by atoms with Gasteiger partial charge in [0.15, 0.2) is 0 Å². The van der Waals surface area contributed by atoms with Gasteiger partial charge in [-0.3, -0.25) is 10.1 Å². The molecular weight excluding hydrogens is 220 g/mol. The van der Waals surface area contributed by atoms with Crippen LogP contribution in [0.1, 0.15) is 18.7 Å². The van der Waals surface area contributed by atoms with Gasteiger partial charge in [0.05, 0.1) is 17.2 Å². The van der Waals surface area contributed by atoms with E-state index in [2.05, 4.69) is 5.32 Å². The largest absolute Gasteiger partial charge is 0.467 e. The molecule has 2 aromatic rings. The minimum absolute atomic E-state index is 0.0610. The summed E-state index contributed by atoms with van der Waals surface area (Å²) in [6, 6.07) is 10.0. The van der Waals surface area contributed by atoms with E-state index in [1.54, 1.807) is 30.5 Å². The maximum Gasteiger partial charge on any atom is 0.292 e. The van der Waals surface area contributed by atoms with Crippen molar-refractivity contribution in [2.24, 2.45) is 0 Å². The van der Waals surface area contributed by atoms with Crippen molar-refractivity contribution in [3.63, 3.8) is 0 Å². The van der Waals surface area contributed by atoms with Gasteiger partial charge in [-0.15, -0.1) is 0 Å². The number of furan rings is 1. The first-order chi connectivity index (χ1) is 8.18. The average molecular weight is 232 g/mol. The highest BCUT2D eigenvalue weighted by atomic mass is 16.6. The number of anilines is 1. The van der Waals surface area contributed by atoms with Gasteiger partial charge >= 0.3 is 0 Å². The molecule has 88 valence electrons. The molecule has 0 bridgehead atoms. The van der Waals surface area contributed by atoms with Gasteiger partial charge in [0, 0.05) is 6.07 Å². The molecule has 1 aromatic carbocycles. The number of hydrogen-bond acceptors (Lipinski definition) is 4. The molecule has 0 fully saturated rings. The van der Waals surface area contributed by atoms with Gasteiger partial charge < -0.3 is 9.73 Å². The van der Waals surface area contributed by atoms with E-state index in [4.69, 9.17) is 4.42 Å². The van der Waals surface area contributed by atoms with Crippen molar-refractivity contribution in [1.29, 1.82) is 0 Å². The van der Waals surface area contributed by atoms with Crippen molar-refractivity contribution < 1.29 is 9.34 Å². The molecular formula is C12H12N2O3. The van der Waals surface area contributed by atoms with Crippen LogP contribution in [-0.4, -0.2) is 4.92 Å². The van der Waals surface area contributed by atoms with E-state index >= 15 is 0 Å². The molecule has 1 N–H and O–H groups in total. The number of para-hydroxylation sites is 2. The lowest BCUT2D eigenvalue weighted by Gasteiger charge is -2.12. The van der Waals surface area contributed by atoms with Crippen LogP contribution in [0.15, 0.2) is 47.1 Å². The second-order valence-electron chi connectivity index (χ2n) is 3.66. The summed E-state index contributed by atoms with van der Waals surface area (Å²) in [5, 5.41) is 13.9. The molecule has 0 aliphatic carbocycles. The molecule has 2 rings (SSSR count). The molecule has 5 heteroatoms. The molecule has 0 spiro atoms. The third-order valence-electron chi connectivity index (χ3n) is 2.44. The van der Waals surface area contributed by atoms with Gasteiger partial charge in [-0.05, 0) is 25.1 Å². The molecule has 5 nitrogen and oxygen atoms in total. The number of nitrogens with zero attached hydrogens (tertiary/aromatic N) is 1. The molecule has 1 heterocycles. The maximum absolute atomic E-state index is 10.8. The van der Waals surface area contributed by atoms with E-state index in [1.807, 2.05) is 13.0 Å². The Balaban J connectivity index is 2.21. The van der Waals surface area contributed by atoms with Gasteiger partial charge in [0.25, 0.3) is 5.69 Å². The summed E-state index contributed by atoms with van der Waals surface area (Å²) in [5.74, 6) is 0.739. The van der Waals surface area contributed by atoms with E-state index in [9.17, 15) is 10.1 Å². The van der Waals surface area contributed by atoms with Crippen molar-refractivity contribution in [1.82, 2.24) is 0 Å². The Bertz CT molecular complexity index is 508. The zero-order valence-electron chi connectivity index (χ0n) is 9.29. The minimum Gasteiger partial charge on any atom is -0.467 e. The first kappa shape index (κ1) is 11.2. The third kappa shape index (κ3) is 2.44. The van der Waals surface area contributed by atoms with Crippen molar-refractivity contribution in [3.05, 3.63) is 58.5 Å². The van der Waals surface area contributed by atoms with Crippen LogP contribution in [0.25, 0.3) is 0 Å². The van der Waals surface area contributed by atoms with Gasteiger partial charge in [-0.25, -0.2) is 0 Å². The minimum atomic E-state index is -0.406. The molecule has 0 aliphatic rings. The fourth-order valence-electron chi connectivity index (χ4n) is 1.60. The zero-order chi connectivity index (χ0) is 12.3. The lowest BCUT2D eigenvalue weighted by Crippen LogP contribution is -2.07. The number of nitro groups is 1. The SMILES string of the molecule is C[C@@H](Nc1ccccc1[N+](=O)[O-])c1ccco1. The van der Waals surface area contributed by atoms with E-state index in [0.29, 0.717) is 5.69 Å². The average Bonchev–Trinajstić information content (AvgIpc) is 2.83. The van der Waals surface area contributed by atoms with Crippen LogP contribution >= 0.6 is 0 Å². The van der Waals surface area contributed by atoms with Crippen molar-refractivity contribution in [2.75, 3.05) is 5.32 Å². The van der Waals surface area contributed by atoms with Gasteiger partial charge in [-0.1, -0.05) is 12.1 Å². The number of benzene rings is 1. The van der Waals surface area contributed by atoms with Crippen LogP contribution in [0.2, 0.25) is 0 Å². The monoisotopic (exact) mass is 232 g/mol. The summed E-state index contributed by atoms with van der Waals surface area (Å²) in [4.78, 5) is 10.4. The Morgan fingerprint density at radius 1 is 1.29 bits per heavy atom. The predicted molar refractivity (Wildman–Crippen MR) is 63.8 cm³/mol. The lowest BCUT2D eigenvalue weighted by molar-refractivity contribution is -0.384. The Labute approximate surface area is 98.2 Å². The number of nitro benzene ring substituents is 1. The number of rotatable bonds is 4. The molecule has 17 heavy (non-hydrogen) atoms. The summed E-state index contributed by atoms with van der Waals surface area (Å²) in [6.07, 6.45) is 1.58. The van der Waals surface area contributed by atoms with Crippen molar-refractivity contribution >= 4 is 11.4 Å². The van der Waals surface area contributed by atoms with Crippen LogP contribution in [0, 0.1) is 10.1 Å². The maximum atomic E-state index is 10.8. The van der Waals surface area contributed by atoms with E-state index in [-0.39, 0.29) is 11.7 Å². The molecule has 0 amide bonds. The molecule has 0 aliphatic heterocycles. The summed E-state index contributed by atoms with van der Waals surface area (Å²) in [5.41, 5.74) is 0.548. The Morgan fingerprint density at radius 3 is 2.71 bits per heavy atom. The predicted octanol–water partition coefficient (Wildman–Crippen LogP) is 3.36. The lowest BCUT2D eigenvalue weighted by atomic mass is 10.2. The summed E-state index contributed by atoms with van der Waals surface area (Å²) < 4.78 is 5.24. The molecule has 0 saturated carbocycles. The van der Waals surface area contributed by atoms with Crippen LogP contribution in [0.3, 0.4) is 0 Å². The topological polar surface area (TPSA) is 68.3 Å². The fourth-order valence-corrected chi connectivity index (χ4v) is 1.60.